The van der Waals surface area contributed by atoms with Gasteiger partial charge in [0, 0.05) is 17.0 Å². The van der Waals surface area contributed by atoms with Crippen LogP contribution in [0.1, 0.15) is 52.9 Å². The largest absolute Gasteiger partial charge is 0.504 e. The van der Waals surface area contributed by atoms with Crippen molar-refractivity contribution >= 4 is 5.78 Å². The van der Waals surface area contributed by atoms with Crippen LogP contribution < -0.4 is 14.2 Å². The highest BCUT2D eigenvalue weighted by Crippen LogP contribution is 2.52. The first-order chi connectivity index (χ1) is 11.9. The number of Topliss-reactive ketones (excluding diaryl/α,β-unsaturated/α-hetero) is 1. The number of benzene rings is 2. The average molecular weight is 342 g/mol. The van der Waals surface area contributed by atoms with Crippen LogP contribution in [0.15, 0.2) is 24.3 Å². The Morgan fingerprint density at radius 1 is 1.16 bits per heavy atom. The van der Waals surface area contributed by atoms with E-state index in [9.17, 15) is 9.90 Å². The van der Waals surface area contributed by atoms with E-state index in [0.29, 0.717) is 28.4 Å². The number of phenols is 1. The molecule has 0 fully saturated rings. The molecule has 1 heterocycles. The van der Waals surface area contributed by atoms with Gasteiger partial charge >= 0.3 is 0 Å². The van der Waals surface area contributed by atoms with Crippen LogP contribution in [-0.2, 0) is 0 Å². The Balaban J connectivity index is 2.12. The molecule has 5 heteroatoms. The summed E-state index contributed by atoms with van der Waals surface area (Å²) in [4.78, 5) is 12.0. The number of carbonyl (C=O) groups is 1. The molecular weight excluding hydrogens is 320 g/mol. The maximum Gasteiger partial charge on any atom is 0.166 e. The number of methoxy groups -OCH3 is 2. The smallest absolute Gasteiger partial charge is 0.166 e. The summed E-state index contributed by atoms with van der Waals surface area (Å²) in [6.45, 7) is 5.39. The molecule has 0 saturated carbocycles. The summed E-state index contributed by atoms with van der Waals surface area (Å²) in [7, 11) is 3.10. The third-order valence-corrected chi connectivity index (χ3v) is 4.75. The van der Waals surface area contributed by atoms with Crippen molar-refractivity contribution in [2.24, 2.45) is 0 Å². The molecule has 2 aromatic rings. The van der Waals surface area contributed by atoms with Crippen LogP contribution in [-0.4, -0.2) is 25.1 Å². The second-order valence-electron chi connectivity index (χ2n) is 6.33. The quantitative estimate of drug-likeness (QED) is 0.845. The van der Waals surface area contributed by atoms with Gasteiger partial charge in [-0.15, -0.1) is 0 Å². The van der Waals surface area contributed by atoms with Gasteiger partial charge < -0.3 is 19.3 Å². The molecule has 0 saturated heterocycles. The number of phenolic OH excluding ortho intramolecular Hbond substituents is 1. The fourth-order valence-electron chi connectivity index (χ4n) is 3.45. The van der Waals surface area contributed by atoms with Gasteiger partial charge in [-0.3, -0.25) is 4.79 Å². The summed E-state index contributed by atoms with van der Waals surface area (Å²) >= 11 is 0. The first kappa shape index (κ1) is 17.1. The standard InChI is InChI=1S/C20H22O5/c1-10-8-13(9-16(24-5)18(10)22)19-11(2)17-14(12(3)21)6-7-15(23-4)20(17)25-19/h6-9,11,19,22H,1-5H3. The number of hydrogen-bond acceptors (Lipinski definition) is 5. The summed E-state index contributed by atoms with van der Waals surface area (Å²) in [6, 6.07) is 7.19. The Kier molecular flexibility index (Phi) is 4.33. The Labute approximate surface area is 147 Å². The zero-order chi connectivity index (χ0) is 18.3. The summed E-state index contributed by atoms with van der Waals surface area (Å²) in [5.74, 6) is 1.69. The minimum absolute atomic E-state index is 0.00512. The van der Waals surface area contributed by atoms with Gasteiger partial charge in [0.05, 0.1) is 14.2 Å². The maximum absolute atomic E-state index is 12.0. The Morgan fingerprint density at radius 2 is 1.84 bits per heavy atom. The summed E-state index contributed by atoms with van der Waals surface area (Å²) < 4.78 is 16.9. The van der Waals surface area contributed by atoms with Gasteiger partial charge in [-0.05, 0) is 49.2 Å². The van der Waals surface area contributed by atoms with Crippen LogP contribution >= 0.6 is 0 Å². The Hall–Kier alpha value is -2.69. The molecule has 3 rings (SSSR count). The molecule has 2 unspecified atom stereocenters. The van der Waals surface area contributed by atoms with E-state index in [1.54, 1.807) is 32.2 Å². The van der Waals surface area contributed by atoms with Crippen molar-refractivity contribution < 1.29 is 24.1 Å². The number of carbonyl (C=O) groups excluding carboxylic acids is 1. The van der Waals surface area contributed by atoms with Crippen molar-refractivity contribution in [2.45, 2.75) is 32.8 Å². The molecule has 0 bridgehead atoms. The van der Waals surface area contributed by atoms with Crippen molar-refractivity contribution in [2.75, 3.05) is 14.2 Å². The molecule has 1 aliphatic rings. The molecular formula is C20H22O5. The third-order valence-electron chi connectivity index (χ3n) is 4.75. The van der Waals surface area contributed by atoms with Crippen LogP contribution in [0.25, 0.3) is 0 Å². The van der Waals surface area contributed by atoms with Crippen molar-refractivity contribution in [3.63, 3.8) is 0 Å². The third kappa shape index (κ3) is 2.69. The van der Waals surface area contributed by atoms with E-state index in [4.69, 9.17) is 14.2 Å². The zero-order valence-electron chi connectivity index (χ0n) is 15.0. The number of ether oxygens (including phenoxy) is 3. The van der Waals surface area contributed by atoms with E-state index in [2.05, 4.69) is 0 Å². The minimum atomic E-state index is -0.294. The first-order valence-corrected chi connectivity index (χ1v) is 8.15. The van der Waals surface area contributed by atoms with Crippen LogP contribution in [0.4, 0.5) is 0 Å². The molecule has 132 valence electrons. The molecule has 2 atom stereocenters. The fourth-order valence-corrected chi connectivity index (χ4v) is 3.45. The van der Waals surface area contributed by atoms with Crippen molar-refractivity contribution in [3.05, 3.63) is 46.5 Å². The molecule has 0 spiro atoms. The molecule has 1 aliphatic heterocycles. The van der Waals surface area contributed by atoms with Crippen molar-refractivity contribution in [3.8, 4) is 23.0 Å². The second-order valence-corrected chi connectivity index (χ2v) is 6.33. The molecule has 1 N–H and O–H groups in total. The number of ketones is 1. The normalized spacial score (nSPS) is 18.4. The molecule has 2 aromatic carbocycles. The number of rotatable bonds is 4. The number of aryl methyl sites for hydroxylation is 1. The van der Waals surface area contributed by atoms with E-state index in [1.165, 1.54) is 7.11 Å². The van der Waals surface area contributed by atoms with E-state index < -0.39 is 0 Å². The predicted octanol–water partition coefficient (Wildman–Crippen LogP) is 4.16. The minimum Gasteiger partial charge on any atom is -0.504 e. The van der Waals surface area contributed by atoms with Crippen LogP contribution in [0.5, 0.6) is 23.0 Å². The van der Waals surface area contributed by atoms with Crippen molar-refractivity contribution in [1.29, 1.82) is 0 Å². The van der Waals surface area contributed by atoms with Gasteiger partial charge in [0.15, 0.2) is 28.8 Å². The highest BCUT2D eigenvalue weighted by molar-refractivity contribution is 5.97. The van der Waals surface area contributed by atoms with Crippen molar-refractivity contribution in [1.82, 2.24) is 0 Å². The molecule has 0 amide bonds. The topological polar surface area (TPSA) is 65.0 Å². The molecule has 25 heavy (non-hydrogen) atoms. The van der Waals surface area contributed by atoms with Gasteiger partial charge in [-0.2, -0.15) is 0 Å². The van der Waals surface area contributed by atoms with E-state index in [1.807, 2.05) is 19.9 Å². The maximum atomic E-state index is 12.0. The highest BCUT2D eigenvalue weighted by atomic mass is 16.5. The Bertz CT molecular complexity index is 840. The lowest BCUT2D eigenvalue weighted by Crippen LogP contribution is -2.09. The van der Waals surface area contributed by atoms with E-state index >= 15 is 0 Å². The summed E-state index contributed by atoms with van der Waals surface area (Å²) in [6.07, 6.45) is -0.294. The lowest BCUT2D eigenvalue weighted by atomic mass is 9.88. The van der Waals surface area contributed by atoms with Gasteiger partial charge in [-0.25, -0.2) is 0 Å². The summed E-state index contributed by atoms with van der Waals surface area (Å²) in [5.41, 5.74) is 3.10. The lowest BCUT2D eigenvalue weighted by Gasteiger charge is -2.18. The second kappa shape index (κ2) is 6.31. The average Bonchev–Trinajstić information content (AvgIpc) is 2.94. The van der Waals surface area contributed by atoms with E-state index in [-0.39, 0.29) is 23.6 Å². The lowest BCUT2D eigenvalue weighted by molar-refractivity contribution is 0.101. The summed E-state index contributed by atoms with van der Waals surface area (Å²) in [5, 5.41) is 10.1. The number of hydrogen-bond donors (Lipinski definition) is 1. The SMILES string of the molecule is COc1cc(C2Oc3c(OC)ccc(C(C)=O)c3C2C)cc(C)c1O. The number of fused-ring (bicyclic) bond motifs is 1. The van der Waals surface area contributed by atoms with Crippen LogP contribution in [0, 0.1) is 6.92 Å². The molecule has 5 nitrogen and oxygen atoms in total. The Morgan fingerprint density at radius 3 is 2.44 bits per heavy atom. The fraction of sp³-hybridized carbons (Fsp3) is 0.350. The molecule has 0 aromatic heterocycles. The zero-order valence-corrected chi connectivity index (χ0v) is 15.0. The molecule has 0 radical (unpaired) electrons. The van der Waals surface area contributed by atoms with E-state index in [0.717, 1.165) is 11.1 Å². The first-order valence-electron chi connectivity index (χ1n) is 8.15. The van der Waals surface area contributed by atoms with Crippen LogP contribution in [0.3, 0.4) is 0 Å². The van der Waals surface area contributed by atoms with Gasteiger partial charge in [0.25, 0.3) is 0 Å². The number of aromatic hydroxyl groups is 1. The molecule has 0 aliphatic carbocycles. The predicted molar refractivity (Wildman–Crippen MR) is 94.2 cm³/mol. The monoisotopic (exact) mass is 342 g/mol. The highest BCUT2D eigenvalue weighted by Gasteiger charge is 2.37. The van der Waals surface area contributed by atoms with Gasteiger partial charge in [0.2, 0.25) is 0 Å². The van der Waals surface area contributed by atoms with Gasteiger partial charge in [0.1, 0.15) is 6.10 Å². The van der Waals surface area contributed by atoms with Crippen LogP contribution in [0.2, 0.25) is 0 Å². The van der Waals surface area contributed by atoms with Gasteiger partial charge in [-0.1, -0.05) is 6.92 Å².